The number of carbonyl (C=O) groups excluding carboxylic acids is 1. The van der Waals surface area contributed by atoms with E-state index in [1.54, 1.807) is 18.2 Å². The summed E-state index contributed by atoms with van der Waals surface area (Å²) < 4.78 is 0.940. The summed E-state index contributed by atoms with van der Waals surface area (Å²) in [6.07, 6.45) is 1.62. The van der Waals surface area contributed by atoms with Crippen LogP contribution in [0.1, 0.15) is 5.56 Å². The lowest BCUT2D eigenvalue weighted by atomic mass is 10.2. The van der Waals surface area contributed by atoms with Gasteiger partial charge < -0.3 is 10.4 Å². The zero-order valence-corrected chi connectivity index (χ0v) is 17.8. The molecular weight excluding hydrogens is 526 g/mol. The van der Waals surface area contributed by atoms with Crippen LogP contribution in [0.25, 0.3) is 6.08 Å². The Kier molecular flexibility index (Phi) is 5.89. The van der Waals surface area contributed by atoms with Crippen molar-refractivity contribution in [2.24, 2.45) is 4.99 Å². The molecule has 1 saturated heterocycles. The van der Waals surface area contributed by atoms with Crippen molar-refractivity contribution in [1.29, 1.82) is 0 Å². The zero-order chi connectivity index (χ0) is 19.7. The molecule has 138 valence electrons. The molecule has 0 spiro atoms. The number of amidine groups is 1. The first kappa shape index (κ1) is 19.9. The summed E-state index contributed by atoms with van der Waals surface area (Å²) in [4.78, 5) is 27.3. The fourth-order valence-corrected chi connectivity index (χ4v) is 4.37. The third-order valence-corrected chi connectivity index (χ3v) is 5.70. The topological polar surface area (TPSA) is 105 Å². The van der Waals surface area contributed by atoms with E-state index in [2.05, 4.69) is 42.2 Å². The molecule has 7 nitrogen and oxygen atoms in total. The largest absolute Gasteiger partial charge is 0.506 e. The number of nitro benzene ring substituents is 1. The Morgan fingerprint density at radius 3 is 2.56 bits per heavy atom. The van der Waals surface area contributed by atoms with Gasteiger partial charge >= 0.3 is 0 Å². The number of aliphatic imine (C=N–C) groups is 1. The van der Waals surface area contributed by atoms with Crippen molar-refractivity contribution in [3.05, 3.63) is 64.9 Å². The van der Waals surface area contributed by atoms with Crippen LogP contribution in [0, 0.1) is 10.1 Å². The van der Waals surface area contributed by atoms with Gasteiger partial charge in [0.25, 0.3) is 11.6 Å². The quantitative estimate of drug-likeness (QED) is 0.314. The predicted molar refractivity (Wildman–Crippen MR) is 112 cm³/mol. The number of rotatable bonds is 3. The predicted octanol–water partition coefficient (Wildman–Crippen LogP) is 5.37. The first-order valence-electron chi connectivity index (χ1n) is 7.16. The minimum Gasteiger partial charge on any atom is -0.506 e. The molecule has 1 aliphatic rings. The molecule has 0 saturated carbocycles. The van der Waals surface area contributed by atoms with Gasteiger partial charge in [-0.25, -0.2) is 4.99 Å². The molecule has 0 aromatic heterocycles. The van der Waals surface area contributed by atoms with E-state index >= 15 is 0 Å². The number of nitrogens with one attached hydrogen (secondary N) is 1. The fraction of sp³-hybridized carbons (Fsp3) is 0. The Bertz CT molecular complexity index is 1020. The van der Waals surface area contributed by atoms with Crippen LogP contribution in [0.5, 0.6) is 5.75 Å². The van der Waals surface area contributed by atoms with E-state index in [1.807, 2.05) is 0 Å². The number of hydrogen-bond acceptors (Lipinski definition) is 6. The van der Waals surface area contributed by atoms with Crippen LogP contribution in [0.3, 0.4) is 0 Å². The van der Waals surface area contributed by atoms with Crippen molar-refractivity contribution in [3.63, 3.8) is 0 Å². The van der Waals surface area contributed by atoms with Crippen LogP contribution >= 0.6 is 55.2 Å². The fourth-order valence-electron chi connectivity index (χ4n) is 2.15. The summed E-state index contributed by atoms with van der Waals surface area (Å²) in [6, 6.07) is 7.40. The van der Waals surface area contributed by atoms with Crippen LogP contribution in [0.15, 0.2) is 49.2 Å². The summed E-state index contributed by atoms with van der Waals surface area (Å²) in [7, 11) is 0. The number of carbonyl (C=O) groups is 1. The van der Waals surface area contributed by atoms with Gasteiger partial charge in [0.05, 0.1) is 18.8 Å². The molecule has 1 amide bonds. The minimum atomic E-state index is -0.588. The van der Waals surface area contributed by atoms with Crippen molar-refractivity contribution in [2.75, 3.05) is 0 Å². The average molecular weight is 534 g/mol. The second-order valence-corrected chi connectivity index (χ2v) is 8.38. The molecular formula is C16H8Br2ClN3O4S. The van der Waals surface area contributed by atoms with Gasteiger partial charge in [-0.1, -0.05) is 11.6 Å². The lowest BCUT2D eigenvalue weighted by Crippen LogP contribution is -2.19. The van der Waals surface area contributed by atoms with E-state index < -0.39 is 4.92 Å². The highest BCUT2D eigenvalue weighted by Crippen LogP contribution is 2.36. The number of nitrogens with zero attached hydrogens (tertiary/aromatic N) is 2. The van der Waals surface area contributed by atoms with Crippen LogP contribution < -0.4 is 5.32 Å². The summed E-state index contributed by atoms with van der Waals surface area (Å²) >= 11 is 13.3. The van der Waals surface area contributed by atoms with E-state index in [1.165, 1.54) is 18.2 Å². The van der Waals surface area contributed by atoms with Crippen molar-refractivity contribution < 1.29 is 14.8 Å². The molecule has 11 heteroatoms. The zero-order valence-electron chi connectivity index (χ0n) is 13.1. The summed E-state index contributed by atoms with van der Waals surface area (Å²) in [5, 5.41) is 23.9. The number of aromatic hydroxyl groups is 1. The van der Waals surface area contributed by atoms with E-state index in [4.69, 9.17) is 11.6 Å². The second kappa shape index (κ2) is 8.01. The van der Waals surface area contributed by atoms with Crippen LogP contribution in [0.4, 0.5) is 11.4 Å². The highest BCUT2D eigenvalue weighted by molar-refractivity contribution is 9.11. The molecule has 27 heavy (non-hydrogen) atoms. The first-order valence-corrected chi connectivity index (χ1v) is 9.94. The van der Waals surface area contributed by atoms with Crippen LogP contribution in [0.2, 0.25) is 5.02 Å². The number of halogens is 3. The van der Waals surface area contributed by atoms with E-state index in [9.17, 15) is 20.0 Å². The Morgan fingerprint density at radius 1 is 1.26 bits per heavy atom. The maximum atomic E-state index is 12.2. The monoisotopic (exact) mass is 531 g/mol. The first-order chi connectivity index (χ1) is 12.7. The highest BCUT2D eigenvalue weighted by atomic mass is 79.9. The molecule has 1 heterocycles. The molecule has 0 unspecified atom stereocenters. The maximum Gasteiger partial charge on any atom is 0.296 e. The third kappa shape index (κ3) is 4.52. The Balaban J connectivity index is 1.92. The average Bonchev–Trinajstić information content (AvgIpc) is 2.93. The molecule has 2 aromatic rings. The Hall–Kier alpha value is -1.88. The molecule has 0 aliphatic carbocycles. The SMILES string of the molecule is O=C1NC(=Nc2ccc(Cl)cc2[N+](=O)[O-])S/C1=C/c1cc(Br)c(O)c(Br)c1. The molecule has 0 bridgehead atoms. The summed E-state index contributed by atoms with van der Waals surface area (Å²) in [5.74, 6) is -0.325. The van der Waals surface area contributed by atoms with Gasteiger partial charge in [-0.3, -0.25) is 14.9 Å². The van der Waals surface area contributed by atoms with Gasteiger partial charge in [0.1, 0.15) is 11.4 Å². The number of phenols is 1. The maximum absolute atomic E-state index is 12.2. The number of thioether (sulfide) groups is 1. The van der Waals surface area contributed by atoms with Crippen molar-refractivity contribution in [2.45, 2.75) is 0 Å². The number of nitro groups is 1. The van der Waals surface area contributed by atoms with Crippen molar-refractivity contribution >= 4 is 83.7 Å². The lowest BCUT2D eigenvalue weighted by Gasteiger charge is -2.02. The summed E-state index contributed by atoms with van der Waals surface area (Å²) in [5.41, 5.74) is 0.500. The molecule has 0 atom stereocenters. The number of hydrogen-bond donors (Lipinski definition) is 2. The van der Waals surface area contributed by atoms with Gasteiger partial charge in [-0.15, -0.1) is 0 Å². The Labute approximate surface area is 178 Å². The molecule has 2 N–H and O–H groups in total. The van der Waals surface area contributed by atoms with E-state index in [0.29, 0.717) is 19.4 Å². The minimum absolute atomic E-state index is 0.0537. The van der Waals surface area contributed by atoms with E-state index in [0.717, 1.165) is 11.8 Å². The van der Waals surface area contributed by atoms with Gasteiger partial charge in [0, 0.05) is 11.1 Å². The van der Waals surface area contributed by atoms with Crippen LogP contribution in [-0.4, -0.2) is 21.1 Å². The molecule has 2 aromatic carbocycles. The van der Waals surface area contributed by atoms with Crippen molar-refractivity contribution in [1.82, 2.24) is 5.32 Å². The smallest absolute Gasteiger partial charge is 0.296 e. The normalized spacial score (nSPS) is 16.8. The molecule has 3 rings (SSSR count). The molecule has 1 aliphatic heterocycles. The lowest BCUT2D eigenvalue weighted by molar-refractivity contribution is -0.384. The van der Waals surface area contributed by atoms with Gasteiger partial charge in [-0.05, 0) is 79.5 Å². The van der Waals surface area contributed by atoms with Gasteiger partial charge in [0.15, 0.2) is 5.17 Å². The molecule has 0 radical (unpaired) electrons. The highest BCUT2D eigenvalue weighted by Gasteiger charge is 2.25. The van der Waals surface area contributed by atoms with Crippen LogP contribution in [-0.2, 0) is 4.79 Å². The standard InChI is InChI=1S/C16H8Br2ClN3O4S/c17-9-3-7(4-10(18)14(9)23)5-13-15(24)21-16(27-13)20-11-2-1-8(19)6-12(11)22(25)26/h1-6,23H,(H,20,21,24)/b13-5+. The molecule has 1 fully saturated rings. The third-order valence-electron chi connectivity index (χ3n) is 3.34. The van der Waals surface area contributed by atoms with E-state index in [-0.39, 0.29) is 33.2 Å². The number of benzene rings is 2. The second-order valence-electron chi connectivity index (χ2n) is 5.21. The number of amides is 1. The Morgan fingerprint density at radius 2 is 1.93 bits per heavy atom. The van der Waals surface area contributed by atoms with Gasteiger partial charge in [0.2, 0.25) is 0 Å². The summed E-state index contributed by atoms with van der Waals surface area (Å²) in [6.45, 7) is 0. The number of phenolic OH excluding ortho intramolecular Hbond substituents is 1. The van der Waals surface area contributed by atoms with Crippen molar-refractivity contribution in [3.8, 4) is 5.75 Å². The van der Waals surface area contributed by atoms with Gasteiger partial charge in [-0.2, -0.15) is 0 Å².